The first kappa shape index (κ1) is 16.8. The van der Waals surface area contributed by atoms with E-state index in [1.165, 1.54) is 5.56 Å². The fourth-order valence-electron chi connectivity index (χ4n) is 3.48. The summed E-state index contributed by atoms with van der Waals surface area (Å²) in [7, 11) is 0. The summed E-state index contributed by atoms with van der Waals surface area (Å²) in [5.74, 6) is 0.498. The van der Waals surface area contributed by atoms with Gasteiger partial charge in [-0.3, -0.25) is 9.89 Å². The molecule has 5 nitrogen and oxygen atoms in total. The molecule has 0 atom stereocenters. The zero-order chi connectivity index (χ0) is 16.8. The van der Waals surface area contributed by atoms with Gasteiger partial charge in [0.2, 0.25) is 0 Å². The lowest BCUT2D eigenvalue weighted by Gasteiger charge is -2.34. The molecular weight excluding hydrogens is 298 g/mol. The van der Waals surface area contributed by atoms with Crippen LogP contribution in [-0.2, 0) is 6.54 Å². The normalized spacial score (nSPS) is 21.7. The number of aliphatic imine (C=N–C) groups is 1. The summed E-state index contributed by atoms with van der Waals surface area (Å²) in [4.78, 5) is 6.90. The quantitative estimate of drug-likeness (QED) is 0.643. The van der Waals surface area contributed by atoms with Crippen molar-refractivity contribution in [1.82, 2.24) is 10.2 Å². The minimum atomic E-state index is -0.245. The largest absolute Gasteiger partial charge is 0.370 e. The zero-order valence-corrected chi connectivity index (χ0v) is 14.2. The molecule has 0 unspecified atom stereocenters. The van der Waals surface area contributed by atoms with Gasteiger partial charge in [0.1, 0.15) is 0 Å². The number of rotatable bonds is 5. The molecule has 0 bridgehead atoms. The van der Waals surface area contributed by atoms with Crippen LogP contribution in [0.1, 0.15) is 37.7 Å². The van der Waals surface area contributed by atoms with E-state index in [4.69, 9.17) is 5.73 Å². The van der Waals surface area contributed by atoms with Crippen LogP contribution >= 0.6 is 0 Å². The molecule has 1 aromatic carbocycles. The number of hydrogen-bond acceptors (Lipinski definition) is 3. The van der Waals surface area contributed by atoms with Gasteiger partial charge in [-0.1, -0.05) is 36.8 Å². The second-order valence-electron chi connectivity index (χ2n) is 7.13. The summed E-state index contributed by atoms with van der Waals surface area (Å²) in [5, 5.41) is 12.6. The Kier molecular flexibility index (Phi) is 5.37. The molecule has 0 aromatic heterocycles. The number of nitrogens with one attached hydrogen (secondary N) is 1. The number of nitrogens with zero attached hydrogens (tertiary/aromatic N) is 3. The number of nitriles is 1. The second kappa shape index (κ2) is 7.67. The molecule has 0 amide bonds. The molecule has 0 spiro atoms. The van der Waals surface area contributed by atoms with Gasteiger partial charge in [-0.25, -0.2) is 0 Å². The van der Waals surface area contributed by atoms with Gasteiger partial charge in [-0.15, -0.1) is 0 Å². The Balaban J connectivity index is 1.41. The lowest BCUT2D eigenvalue weighted by molar-refractivity contribution is 0.198. The zero-order valence-electron chi connectivity index (χ0n) is 14.2. The predicted molar refractivity (Wildman–Crippen MR) is 96.3 cm³/mol. The summed E-state index contributed by atoms with van der Waals surface area (Å²) >= 11 is 0. The Labute approximate surface area is 144 Å². The maximum absolute atomic E-state index is 9.24. The Hall–Kier alpha value is -2.06. The van der Waals surface area contributed by atoms with Crippen LogP contribution in [0.3, 0.4) is 0 Å². The summed E-state index contributed by atoms with van der Waals surface area (Å²) in [6.45, 7) is 3.70. The van der Waals surface area contributed by atoms with E-state index in [-0.39, 0.29) is 5.41 Å². The van der Waals surface area contributed by atoms with Gasteiger partial charge >= 0.3 is 0 Å². The van der Waals surface area contributed by atoms with Gasteiger partial charge in [0, 0.05) is 25.7 Å². The van der Waals surface area contributed by atoms with Crippen LogP contribution in [0.5, 0.6) is 0 Å². The first-order chi connectivity index (χ1) is 11.7. The molecule has 1 aliphatic heterocycles. The number of benzene rings is 1. The Morgan fingerprint density at radius 3 is 2.58 bits per heavy atom. The highest BCUT2D eigenvalue weighted by Gasteiger charge is 2.37. The van der Waals surface area contributed by atoms with Crippen LogP contribution in [0.15, 0.2) is 35.3 Å². The van der Waals surface area contributed by atoms with E-state index >= 15 is 0 Å². The highest BCUT2D eigenvalue weighted by Crippen LogP contribution is 2.40. The Morgan fingerprint density at radius 1 is 1.29 bits per heavy atom. The van der Waals surface area contributed by atoms with Gasteiger partial charge in [0.15, 0.2) is 5.96 Å². The van der Waals surface area contributed by atoms with E-state index in [1.54, 1.807) is 0 Å². The van der Waals surface area contributed by atoms with E-state index in [0.29, 0.717) is 18.5 Å². The lowest BCUT2D eigenvalue weighted by Crippen LogP contribution is -2.47. The van der Waals surface area contributed by atoms with Crippen molar-refractivity contribution in [3.63, 3.8) is 0 Å². The molecule has 1 heterocycles. The third-order valence-corrected chi connectivity index (χ3v) is 5.29. The van der Waals surface area contributed by atoms with Gasteiger partial charge in [-0.05, 0) is 31.2 Å². The highest BCUT2D eigenvalue weighted by atomic mass is 15.2. The van der Waals surface area contributed by atoms with Gasteiger partial charge < -0.3 is 11.1 Å². The van der Waals surface area contributed by atoms with Gasteiger partial charge in [-0.2, -0.15) is 5.26 Å². The van der Waals surface area contributed by atoms with Crippen molar-refractivity contribution in [2.45, 2.75) is 44.7 Å². The highest BCUT2D eigenvalue weighted by molar-refractivity contribution is 5.78. The first-order valence-corrected chi connectivity index (χ1v) is 8.93. The first-order valence-electron chi connectivity index (χ1n) is 8.93. The molecule has 3 N–H and O–H groups in total. The SMILES string of the molecule is N#CC1(CN=C(N)NC2CCN(Cc3ccccc3)CC2)CCC1. The second-order valence-corrected chi connectivity index (χ2v) is 7.13. The average molecular weight is 325 g/mol. The monoisotopic (exact) mass is 325 g/mol. The average Bonchev–Trinajstić information content (AvgIpc) is 2.57. The minimum absolute atomic E-state index is 0.245. The van der Waals surface area contributed by atoms with E-state index in [1.807, 2.05) is 0 Å². The lowest BCUT2D eigenvalue weighted by atomic mass is 9.70. The maximum Gasteiger partial charge on any atom is 0.188 e. The smallest absolute Gasteiger partial charge is 0.188 e. The van der Waals surface area contributed by atoms with Crippen molar-refractivity contribution < 1.29 is 0 Å². The molecule has 2 aliphatic rings. The van der Waals surface area contributed by atoms with E-state index in [2.05, 4.69) is 51.6 Å². The van der Waals surface area contributed by atoms with Crippen molar-refractivity contribution >= 4 is 5.96 Å². The molecule has 0 radical (unpaired) electrons. The van der Waals surface area contributed by atoms with E-state index in [0.717, 1.165) is 51.7 Å². The number of nitrogens with two attached hydrogens (primary N) is 1. The molecule has 1 saturated heterocycles. The van der Waals surface area contributed by atoms with E-state index < -0.39 is 0 Å². The number of likely N-dealkylation sites (tertiary alicyclic amines) is 1. The fraction of sp³-hybridized carbons (Fsp3) is 0.579. The topological polar surface area (TPSA) is 77.4 Å². The standard InChI is InChI=1S/C19H27N5/c20-14-19(9-4-10-19)15-22-18(21)23-17-7-11-24(12-8-17)13-16-5-2-1-3-6-16/h1-3,5-6,17H,4,7-13,15H2,(H3,21,22,23). The van der Waals surface area contributed by atoms with Crippen LogP contribution in [0.4, 0.5) is 0 Å². The molecule has 3 rings (SSSR count). The molecular formula is C19H27N5. The summed E-state index contributed by atoms with van der Waals surface area (Å²) < 4.78 is 0. The van der Waals surface area contributed by atoms with Crippen molar-refractivity contribution in [3.05, 3.63) is 35.9 Å². The number of piperidine rings is 1. The Morgan fingerprint density at radius 2 is 2.00 bits per heavy atom. The maximum atomic E-state index is 9.24. The molecule has 1 saturated carbocycles. The van der Waals surface area contributed by atoms with Crippen molar-refractivity contribution in [1.29, 1.82) is 5.26 Å². The summed E-state index contributed by atoms with van der Waals surface area (Å²) in [6, 6.07) is 13.4. The van der Waals surface area contributed by atoms with Crippen LogP contribution in [0.2, 0.25) is 0 Å². The van der Waals surface area contributed by atoms with Gasteiger partial charge in [0.05, 0.1) is 18.0 Å². The Bertz CT molecular complexity index is 592. The molecule has 128 valence electrons. The number of hydrogen-bond donors (Lipinski definition) is 2. The number of guanidine groups is 1. The fourth-order valence-corrected chi connectivity index (χ4v) is 3.48. The molecule has 2 fully saturated rings. The van der Waals surface area contributed by atoms with Crippen LogP contribution in [0, 0.1) is 16.7 Å². The third-order valence-electron chi connectivity index (χ3n) is 5.29. The van der Waals surface area contributed by atoms with Crippen molar-refractivity contribution in [3.8, 4) is 6.07 Å². The molecule has 1 aromatic rings. The minimum Gasteiger partial charge on any atom is -0.370 e. The summed E-state index contributed by atoms with van der Waals surface area (Å²) in [6.07, 6.45) is 5.20. The third kappa shape index (κ3) is 4.27. The molecule has 24 heavy (non-hydrogen) atoms. The van der Waals surface area contributed by atoms with Gasteiger partial charge in [0.25, 0.3) is 0 Å². The molecule has 5 heteroatoms. The predicted octanol–water partition coefficient (Wildman–Crippen LogP) is 2.25. The van der Waals surface area contributed by atoms with Crippen LogP contribution in [0.25, 0.3) is 0 Å². The summed E-state index contributed by atoms with van der Waals surface area (Å²) in [5.41, 5.74) is 7.14. The van der Waals surface area contributed by atoms with Crippen LogP contribution < -0.4 is 11.1 Å². The molecule has 1 aliphatic carbocycles. The van der Waals surface area contributed by atoms with Crippen molar-refractivity contribution in [2.24, 2.45) is 16.1 Å². The van der Waals surface area contributed by atoms with Crippen molar-refractivity contribution in [2.75, 3.05) is 19.6 Å². The van der Waals surface area contributed by atoms with Crippen LogP contribution in [-0.4, -0.2) is 36.5 Å². The van der Waals surface area contributed by atoms with E-state index in [9.17, 15) is 5.26 Å².